The van der Waals surface area contributed by atoms with Crippen molar-refractivity contribution in [2.75, 3.05) is 25.0 Å². The highest BCUT2D eigenvalue weighted by atomic mass is 16.5. The van der Waals surface area contributed by atoms with Gasteiger partial charge in [-0.1, -0.05) is 60.2 Å². The summed E-state index contributed by atoms with van der Waals surface area (Å²) in [6.45, 7) is 5.00. The van der Waals surface area contributed by atoms with Gasteiger partial charge in [0.1, 0.15) is 5.75 Å². The van der Waals surface area contributed by atoms with Crippen molar-refractivity contribution in [3.8, 4) is 5.75 Å². The number of hydrogen-bond donors (Lipinski definition) is 2. The summed E-state index contributed by atoms with van der Waals surface area (Å²) < 4.78 is 5.57. The molecule has 1 heterocycles. The fourth-order valence-electron chi connectivity index (χ4n) is 5.18. The van der Waals surface area contributed by atoms with E-state index in [2.05, 4.69) is 51.1 Å². The number of hydrogen-bond acceptors (Lipinski definition) is 5. The maximum atomic E-state index is 12.6. The first kappa shape index (κ1) is 29.7. The van der Waals surface area contributed by atoms with Gasteiger partial charge in [-0.2, -0.15) is 5.10 Å². The van der Waals surface area contributed by atoms with Crippen LogP contribution in [-0.4, -0.2) is 42.6 Å². The Labute approximate surface area is 253 Å². The molecule has 1 aliphatic heterocycles. The molecule has 0 spiro atoms. The molecule has 0 atom stereocenters. The first-order chi connectivity index (χ1) is 21.0. The third-order valence-corrected chi connectivity index (χ3v) is 7.66. The molecule has 0 bridgehead atoms. The van der Waals surface area contributed by atoms with E-state index in [1.807, 2.05) is 67.6 Å². The van der Waals surface area contributed by atoms with E-state index in [4.69, 9.17) is 4.74 Å². The monoisotopic (exact) mass is 574 g/mol. The Morgan fingerprint density at radius 2 is 1.56 bits per heavy atom. The van der Waals surface area contributed by atoms with E-state index in [9.17, 15) is 9.59 Å². The normalized spacial score (nSPS) is 14.0. The third-order valence-electron chi connectivity index (χ3n) is 7.66. The number of carbonyl (C=O) groups excluding carboxylic acids is 2. The largest absolute Gasteiger partial charge is 0.484 e. The number of aryl methyl sites for hydroxylation is 1. The minimum Gasteiger partial charge on any atom is -0.484 e. The number of amides is 2. The smallest absolute Gasteiger partial charge is 0.271 e. The molecular weight excluding hydrogens is 536 g/mol. The van der Waals surface area contributed by atoms with Crippen LogP contribution in [0.25, 0.3) is 0 Å². The molecule has 7 nitrogen and oxygen atoms in total. The summed E-state index contributed by atoms with van der Waals surface area (Å²) in [7, 11) is 0. The number of anilines is 1. The molecule has 2 N–H and O–H groups in total. The first-order valence-electron chi connectivity index (χ1n) is 14.8. The quantitative estimate of drug-likeness (QED) is 0.164. The molecule has 0 saturated carbocycles. The summed E-state index contributed by atoms with van der Waals surface area (Å²) in [6, 6.07) is 33.2. The van der Waals surface area contributed by atoms with E-state index >= 15 is 0 Å². The Morgan fingerprint density at radius 1 is 0.860 bits per heavy atom. The van der Waals surface area contributed by atoms with E-state index in [0.717, 1.165) is 48.8 Å². The molecule has 0 aromatic heterocycles. The lowest BCUT2D eigenvalue weighted by Crippen LogP contribution is -2.33. The Bertz CT molecular complexity index is 1490. The highest BCUT2D eigenvalue weighted by Gasteiger charge is 2.19. The van der Waals surface area contributed by atoms with Gasteiger partial charge in [-0.15, -0.1) is 0 Å². The Balaban J connectivity index is 1.01. The minimum absolute atomic E-state index is 0.0938. The number of ether oxygens (including phenoxy) is 1. The van der Waals surface area contributed by atoms with Crippen molar-refractivity contribution in [2.45, 2.75) is 32.7 Å². The predicted octanol–water partition coefficient (Wildman–Crippen LogP) is 6.23. The molecule has 220 valence electrons. The van der Waals surface area contributed by atoms with Crippen LogP contribution in [-0.2, 0) is 17.8 Å². The second-order valence-corrected chi connectivity index (χ2v) is 11.1. The molecule has 1 fully saturated rings. The number of benzene rings is 4. The van der Waals surface area contributed by atoms with Crippen molar-refractivity contribution >= 4 is 23.7 Å². The van der Waals surface area contributed by atoms with Crippen LogP contribution < -0.4 is 15.5 Å². The van der Waals surface area contributed by atoms with E-state index < -0.39 is 0 Å². The van der Waals surface area contributed by atoms with Crippen LogP contribution in [0.3, 0.4) is 0 Å². The van der Waals surface area contributed by atoms with Crippen LogP contribution in [0, 0.1) is 12.8 Å². The number of piperidine rings is 1. The van der Waals surface area contributed by atoms with Gasteiger partial charge in [0.05, 0.1) is 6.21 Å². The van der Waals surface area contributed by atoms with Crippen LogP contribution in [0.4, 0.5) is 5.69 Å². The second-order valence-electron chi connectivity index (χ2n) is 11.1. The molecule has 0 aliphatic carbocycles. The number of likely N-dealkylation sites (tertiary alicyclic amines) is 1. The zero-order valence-electron chi connectivity index (χ0n) is 24.5. The molecule has 43 heavy (non-hydrogen) atoms. The summed E-state index contributed by atoms with van der Waals surface area (Å²) in [5.41, 5.74) is 8.44. The van der Waals surface area contributed by atoms with Gasteiger partial charge < -0.3 is 10.1 Å². The van der Waals surface area contributed by atoms with E-state index in [1.54, 1.807) is 18.3 Å². The van der Waals surface area contributed by atoms with E-state index in [1.165, 1.54) is 24.0 Å². The van der Waals surface area contributed by atoms with Crippen molar-refractivity contribution < 1.29 is 14.3 Å². The SMILES string of the molecule is Cc1ccc(NC(=O)COc2ccc(/C=N\NC(=O)c3ccc(CN4CCC(Cc5ccccc5)CC4)cc3)cc2)cc1. The van der Waals surface area contributed by atoms with Crippen molar-refractivity contribution in [3.05, 3.63) is 131 Å². The lowest BCUT2D eigenvalue weighted by atomic mass is 9.90. The molecule has 4 aromatic rings. The lowest BCUT2D eigenvalue weighted by Gasteiger charge is -2.32. The molecule has 5 rings (SSSR count). The third kappa shape index (κ3) is 9.38. The van der Waals surface area contributed by atoms with Gasteiger partial charge in [0.25, 0.3) is 11.8 Å². The van der Waals surface area contributed by atoms with Gasteiger partial charge in [-0.25, -0.2) is 5.43 Å². The Hall–Kier alpha value is -4.75. The van der Waals surface area contributed by atoms with Crippen molar-refractivity contribution in [1.82, 2.24) is 10.3 Å². The number of hydrazone groups is 1. The minimum atomic E-state index is -0.260. The lowest BCUT2D eigenvalue weighted by molar-refractivity contribution is -0.118. The van der Waals surface area contributed by atoms with Crippen molar-refractivity contribution in [1.29, 1.82) is 0 Å². The zero-order chi connectivity index (χ0) is 29.9. The second kappa shape index (κ2) is 14.9. The molecule has 7 heteroatoms. The predicted molar refractivity (Wildman–Crippen MR) is 171 cm³/mol. The summed E-state index contributed by atoms with van der Waals surface area (Å²) in [5, 5.41) is 6.89. The molecular formula is C36H38N4O3. The standard InChI is InChI=1S/C36H38N4O3/c1-27-7-15-33(16-8-27)38-35(41)26-43-34-17-11-30(12-18-34)24-37-39-36(42)32-13-9-31(10-14-32)25-40-21-19-29(20-22-40)23-28-5-3-2-4-6-28/h2-18,24,29H,19-23,25-26H2,1H3,(H,38,41)(H,39,42)/b37-24-. The summed E-state index contributed by atoms with van der Waals surface area (Å²) >= 11 is 0. The van der Waals surface area contributed by atoms with Crippen molar-refractivity contribution in [3.63, 3.8) is 0 Å². The highest BCUT2D eigenvalue weighted by molar-refractivity contribution is 5.95. The van der Waals surface area contributed by atoms with Crippen LogP contribution in [0.15, 0.2) is 108 Å². The number of nitrogens with zero attached hydrogens (tertiary/aromatic N) is 2. The van der Waals surface area contributed by atoms with Gasteiger partial charge in [0, 0.05) is 17.8 Å². The summed E-state index contributed by atoms with van der Waals surface area (Å²) in [6.07, 6.45) is 5.17. The first-order valence-corrected chi connectivity index (χ1v) is 14.8. The maximum absolute atomic E-state index is 12.6. The maximum Gasteiger partial charge on any atom is 0.271 e. The Kier molecular flexibility index (Phi) is 10.3. The number of carbonyl (C=O) groups is 2. The van der Waals surface area contributed by atoms with Crippen LogP contribution in [0.1, 0.15) is 45.5 Å². The molecule has 0 unspecified atom stereocenters. The van der Waals surface area contributed by atoms with Crippen molar-refractivity contribution in [2.24, 2.45) is 11.0 Å². The highest BCUT2D eigenvalue weighted by Crippen LogP contribution is 2.23. The fraction of sp³-hybridized carbons (Fsp3) is 0.250. The van der Waals surface area contributed by atoms with Gasteiger partial charge >= 0.3 is 0 Å². The molecule has 2 amide bonds. The molecule has 1 aliphatic rings. The summed E-state index contributed by atoms with van der Waals surface area (Å²) in [5.74, 6) is 0.824. The Morgan fingerprint density at radius 3 is 2.26 bits per heavy atom. The van der Waals surface area contributed by atoms with Crippen LogP contribution in [0.5, 0.6) is 5.75 Å². The summed E-state index contributed by atoms with van der Waals surface area (Å²) in [4.78, 5) is 27.2. The van der Waals surface area contributed by atoms with E-state index in [0.29, 0.717) is 11.3 Å². The molecule has 4 aromatic carbocycles. The molecule has 0 radical (unpaired) electrons. The van der Waals surface area contributed by atoms with Gasteiger partial charge in [-0.05, 0) is 110 Å². The van der Waals surface area contributed by atoms with Crippen LogP contribution >= 0.6 is 0 Å². The zero-order valence-corrected chi connectivity index (χ0v) is 24.5. The van der Waals surface area contributed by atoms with Gasteiger partial charge in [-0.3, -0.25) is 14.5 Å². The number of rotatable bonds is 11. The number of nitrogens with one attached hydrogen (secondary N) is 2. The fourth-order valence-corrected chi connectivity index (χ4v) is 5.18. The topological polar surface area (TPSA) is 83.0 Å². The van der Waals surface area contributed by atoms with Crippen LogP contribution in [0.2, 0.25) is 0 Å². The average Bonchev–Trinajstić information content (AvgIpc) is 3.03. The average molecular weight is 575 g/mol. The van der Waals surface area contributed by atoms with Gasteiger partial charge in [0.15, 0.2) is 6.61 Å². The van der Waals surface area contributed by atoms with Gasteiger partial charge in [0.2, 0.25) is 0 Å². The molecule has 1 saturated heterocycles. The van der Waals surface area contributed by atoms with E-state index in [-0.39, 0.29) is 18.4 Å².